The molecule has 0 aromatic heterocycles. The van der Waals surface area contributed by atoms with Crippen molar-refractivity contribution >= 4 is 17.2 Å². The molecule has 0 radical (unpaired) electrons. The van der Waals surface area contributed by atoms with Crippen LogP contribution in [0.3, 0.4) is 0 Å². The Morgan fingerprint density at radius 2 is 2.08 bits per heavy atom. The van der Waals surface area contributed by atoms with Crippen LogP contribution in [0, 0.1) is 0 Å². The normalized spacial score (nSPS) is 16.9. The number of ether oxygens (including phenoxy) is 1. The molecule has 0 fully saturated rings. The Labute approximate surface area is 151 Å². The van der Waals surface area contributed by atoms with Gasteiger partial charge in [-0.05, 0) is 64.7 Å². The zero-order valence-electron chi connectivity index (χ0n) is 16.1. The predicted molar refractivity (Wildman–Crippen MR) is 103 cm³/mol. The van der Waals surface area contributed by atoms with E-state index in [1.807, 2.05) is 13.8 Å². The summed E-state index contributed by atoms with van der Waals surface area (Å²) < 4.78 is 5.04. The third kappa shape index (κ3) is 4.85. The Morgan fingerprint density at radius 3 is 2.72 bits per heavy atom. The molecule has 1 aliphatic heterocycles. The highest BCUT2D eigenvalue weighted by Crippen LogP contribution is 2.39. The molecular formula is C21H31NO3. The maximum Gasteiger partial charge on any atom is 0.305 e. The predicted octanol–water partition coefficient (Wildman–Crippen LogP) is 3.96. The van der Waals surface area contributed by atoms with Crippen LogP contribution in [0.1, 0.15) is 58.6 Å². The van der Waals surface area contributed by atoms with Gasteiger partial charge in [-0.1, -0.05) is 18.2 Å². The first-order valence-corrected chi connectivity index (χ1v) is 9.18. The molecule has 1 aromatic rings. The van der Waals surface area contributed by atoms with Gasteiger partial charge in [0.15, 0.2) is 0 Å². The average molecular weight is 345 g/mol. The minimum atomic E-state index is -0.358. The number of carbonyl (C=O) groups excluding carboxylic acids is 1. The minimum Gasteiger partial charge on any atom is -0.466 e. The van der Waals surface area contributed by atoms with Gasteiger partial charge in [0.2, 0.25) is 0 Å². The third-order valence-electron chi connectivity index (χ3n) is 4.64. The standard InChI is InChI=1S/C21H31NO3/c1-6-25-20(24)8-7-11-22-19-13-17(12-16(3)23)9-10-18(19)15(2)14-21(22,4)5/h9-10,13-14,16,23H,6-8,11-12H2,1-5H3. The Balaban J connectivity index is 2.24. The van der Waals surface area contributed by atoms with E-state index in [0.29, 0.717) is 19.4 Å². The lowest BCUT2D eigenvalue weighted by atomic mass is 9.87. The number of rotatable bonds is 7. The molecule has 4 heteroatoms. The van der Waals surface area contributed by atoms with Crippen LogP contribution in [0.15, 0.2) is 24.3 Å². The van der Waals surface area contributed by atoms with E-state index >= 15 is 0 Å². The molecule has 0 aliphatic carbocycles. The number of hydrogen-bond donors (Lipinski definition) is 1. The quantitative estimate of drug-likeness (QED) is 0.760. The number of aliphatic hydroxyl groups is 1. The number of anilines is 1. The van der Waals surface area contributed by atoms with Crippen LogP contribution >= 0.6 is 0 Å². The molecule has 1 heterocycles. The van der Waals surface area contributed by atoms with Crippen molar-refractivity contribution in [2.24, 2.45) is 0 Å². The van der Waals surface area contributed by atoms with E-state index in [0.717, 1.165) is 18.5 Å². The molecule has 1 aliphatic rings. The Kier molecular flexibility index (Phi) is 6.28. The van der Waals surface area contributed by atoms with Gasteiger partial charge in [0.05, 0.1) is 18.2 Å². The molecule has 25 heavy (non-hydrogen) atoms. The van der Waals surface area contributed by atoms with Crippen LogP contribution < -0.4 is 4.90 Å². The van der Waals surface area contributed by atoms with Gasteiger partial charge in [-0.15, -0.1) is 0 Å². The fourth-order valence-electron chi connectivity index (χ4n) is 3.62. The number of benzene rings is 1. The van der Waals surface area contributed by atoms with Crippen LogP contribution in [-0.2, 0) is 16.0 Å². The van der Waals surface area contributed by atoms with Gasteiger partial charge in [0.25, 0.3) is 0 Å². The highest BCUT2D eigenvalue weighted by atomic mass is 16.5. The summed E-state index contributed by atoms with van der Waals surface area (Å²) >= 11 is 0. The maximum absolute atomic E-state index is 11.6. The zero-order chi connectivity index (χ0) is 18.6. The number of nitrogens with zero attached hydrogens (tertiary/aromatic N) is 1. The molecule has 0 spiro atoms. The van der Waals surface area contributed by atoms with Crippen molar-refractivity contribution in [2.45, 2.75) is 65.5 Å². The molecule has 4 nitrogen and oxygen atoms in total. The number of allylic oxidation sites excluding steroid dienone is 1. The number of esters is 1. The summed E-state index contributed by atoms with van der Waals surface area (Å²) in [6.45, 7) is 11.4. The van der Waals surface area contributed by atoms with Crippen LogP contribution in [0.2, 0.25) is 0 Å². The third-order valence-corrected chi connectivity index (χ3v) is 4.64. The first kappa shape index (κ1) is 19.5. The topological polar surface area (TPSA) is 49.8 Å². The molecule has 0 saturated carbocycles. The molecular weight excluding hydrogens is 314 g/mol. The van der Waals surface area contributed by atoms with E-state index < -0.39 is 0 Å². The molecule has 1 N–H and O–H groups in total. The smallest absolute Gasteiger partial charge is 0.305 e. The van der Waals surface area contributed by atoms with Crippen molar-refractivity contribution < 1.29 is 14.6 Å². The van der Waals surface area contributed by atoms with Crippen molar-refractivity contribution in [1.29, 1.82) is 0 Å². The van der Waals surface area contributed by atoms with Crippen LogP contribution in [0.4, 0.5) is 5.69 Å². The monoisotopic (exact) mass is 345 g/mol. The van der Waals surface area contributed by atoms with E-state index in [1.165, 1.54) is 16.8 Å². The maximum atomic E-state index is 11.6. The highest BCUT2D eigenvalue weighted by molar-refractivity contribution is 5.81. The Bertz CT molecular complexity index is 647. The molecule has 1 aromatic carbocycles. The molecule has 1 atom stereocenters. The SMILES string of the molecule is CCOC(=O)CCCN1c2cc(CC(C)O)ccc2C(C)=CC1(C)C. The van der Waals surface area contributed by atoms with Crippen molar-refractivity contribution in [2.75, 3.05) is 18.1 Å². The fourth-order valence-corrected chi connectivity index (χ4v) is 3.62. The fraction of sp³-hybridized carbons (Fsp3) is 0.571. The highest BCUT2D eigenvalue weighted by Gasteiger charge is 2.31. The lowest BCUT2D eigenvalue weighted by molar-refractivity contribution is -0.143. The second kappa shape index (κ2) is 8.05. The van der Waals surface area contributed by atoms with Crippen LogP contribution in [0.5, 0.6) is 0 Å². The molecule has 138 valence electrons. The van der Waals surface area contributed by atoms with Gasteiger partial charge in [0, 0.05) is 24.2 Å². The molecule has 0 amide bonds. The van der Waals surface area contributed by atoms with Crippen molar-refractivity contribution in [3.05, 3.63) is 35.4 Å². The summed E-state index contributed by atoms with van der Waals surface area (Å²) in [5.74, 6) is -0.132. The second-order valence-electron chi connectivity index (χ2n) is 7.45. The summed E-state index contributed by atoms with van der Waals surface area (Å²) in [6.07, 6.45) is 3.77. The first-order chi connectivity index (χ1) is 11.7. The van der Waals surface area contributed by atoms with Gasteiger partial charge in [-0.2, -0.15) is 0 Å². The summed E-state index contributed by atoms with van der Waals surface area (Å²) in [6, 6.07) is 6.43. The Hall–Kier alpha value is -1.81. The molecule has 0 saturated heterocycles. The van der Waals surface area contributed by atoms with Gasteiger partial charge in [0.1, 0.15) is 0 Å². The summed E-state index contributed by atoms with van der Waals surface area (Å²) in [4.78, 5) is 14.0. The molecule has 0 bridgehead atoms. The number of carbonyl (C=O) groups is 1. The lowest BCUT2D eigenvalue weighted by Gasteiger charge is -2.43. The van der Waals surface area contributed by atoms with Gasteiger partial charge in [-0.3, -0.25) is 4.79 Å². The first-order valence-electron chi connectivity index (χ1n) is 9.18. The summed E-state index contributed by atoms with van der Waals surface area (Å²) in [7, 11) is 0. The van der Waals surface area contributed by atoms with Gasteiger partial charge in [-0.25, -0.2) is 0 Å². The number of hydrogen-bond acceptors (Lipinski definition) is 4. The largest absolute Gasteiger partial charge is 0.466 e. The lowest BCUT2D eigenvalue weighted by Crippen LogP contribution is -2.45. The van der Waals surface area contributed by atoms with Crippen molar-refractivity contribution in [1.82, 2.24) is 0 Å². The van der Waals surface area contributed by atoms with E-state index in [9.17, 15) is 9.90 Å². The zero-order valence-corrected chi connectivity index (χ0v) is 16.1. The second-order valence-corrected chi connectivity index (χ2v) is 7.45. The van der Waals surface area contributed by atoms with E-state index in [2.05, 4.69) is 49.9 Å². The van der Waals surface area contributed by atoms with Crippen molar-refractivity contribution in [3.63, 3.8) is 0 Å². The van der Waals surface area contributed by atoms with E-state index in [4.69, 9.17) is 4.74 Å². The summed E-state index contributed by atoms with van der Waals surface area (Å²) in [5, 5.41) is 9.71. The van der Waals surface area contributed by atoms with Crippen molar-refractivity contribution in [3.8, 4) is 0 Å². The van der Waals surface area contributed by atoms with Crippen LogP contribution in [-0.4, -0.2) is 35.9 Å². The van der Waals surface area contributed by atoms with Gasteiger partial charge >= 0.3 is 5.97 Å². The molecule has 1 unspecified atom stereocenters. The van der Waals surface area contributed by atoms with Crippen LogP contribution in [0.25, 0.3) is 5.57 Å². The minimum absolute atomic E-state index is 0.116. The number of fused-ring (bicyclic) bond motifs is 1. The van der Waals surface area contributed by atoms with E-state index in [-0.39, 0.29) is 17.6 Å². The summed E-state index contributed by atoms with van der Waals surface area (Å²) in [5.41, 5.74) is 4.70. The number of aliphatic hydroxyl groups excluding tert-OH is 1. The van der Waals surface area contributed by atoms with E-state index in [1.54, 1.807) is 0 Å². The Morgan fingerprint density at radius 1 is 1.36 bits per heavy atom. The molecule has 2 rings (SSSR count). The average Bonchev–Trinajstić information content (AvgIpc) is 2.49. The van der Waals surface area contributed by atoms with Gasteiger partial charge < -0.3 is 14.7 Å².